The van der Waals surface area contributed by atoms with Crippen molar-refractivity contribution >= 4 is 17.3 Å². The highest BCUT2D eigenvalue weighted by Crippen LogP contribution is 2.34. The predicted molar refractivity (Wildman–Crippen MR) is 77.7 cm³/mol. The number of pyridine rings is 1. The minimum atomic E-state index is -1.36. The third-order valence-electron chi connectivity index (χ3n) is 2.99. The molecule has 2 aromatic heterocycles. The van der Waals surface area contributed by atoms with Crippen molar-refractivity contribution < 1.29 is 19.2 Å². The summed E-state index contributed by atoms with van der Waals surface area (Å²) in [6.07, 6.45) is -0.723. The summed E-state index contributed by atoms with van der Waals surface area (Å²) in [5.41, 5.74) is 1.67. The van der Waals surface area contributed by atoms with Crippen LogP contribution >= 0.6 is 0 Å². The van der Waals surface area contributed by atoms with Crippen molar-refractivity contribution in [1.82, 2.24) is 10.1 Å². The molecule has 0 spiro atoms. The Kier molecular flexibility index (Phi) is 3.89. The number of carbonyl (C=O) groups is 1. The maximum Gasteiger partial charge on any atom is 0.511 e. The monoisotopic (exact) mass is 292 g/mol. The lowest BCUT2D eigenvalue weighted by molar-refractivity contribution is 0.145. The molecule has 0 aliphatic rings. The largest absolute Gasteiger partial charge is 0.511 e. The van der Waals surface area contributed by atoms with Gasteiger partial charge in [-0.3, -0.25) is 0 Å². The summed E-state index contributed by atoms with van der Waals surface area (Å²) >= 11 is 0. The summed E-state index contributed by atoms with van der Waals surface area (Å²) in [4.78, 5) is 15.3. The highest BCUT2D eigenvalue weighted by atomic mass is 16.7. The molecule has 114 valence electrons. The number of carboxylic acid groups (broad SMARTS) is 1. The van der Waals surface area contributed by atoms with Gasteiger partial charge in [0.1, 0.15) is 5.39 Å². The Labute approximate surface area is 123 Å². The van der Waals surface area contributed by atoms with Crippen molar-refractivity contribution in [3.05, 3.63) is 17.5 Å². The van der Waals surface area contributed by atoms with Crippen LogP contribution in [0.5, 0.6) is 5.75 Å². The normalized spacial score (nSPS) is 12.1. The number of ether oxygens (including phenoxy) is 1. The van der Waals surface area contributed by atoms with E-state index in [4.69, 9.17) is 14.4 Å². The first-order valence-electron chi connectivity index (χ1n) is 6.87. The van der Waals surface area contributed by atoms with Gasteiger partial charge >= 0.3 is 6.16 Å². The third-order valence-corrected chi connectivity index (χ3v) is 2.99. The smallest absolute Gasteiger partial charge is 0.449 e. The second-order valence-electron chi connectivity index (χ2n) is 6.61. The highest BCUT2D eigenvalue weighted by Gasteiger charge is 2.23. The number of rotatable bonds is 3. The third kappa shape index (κ3) is 3.51. The Morgan fingerprint density at radius 3 is 2.62 bits per heavy atom. The van der Waals surface area contributed by atoms with Gasteiger partial charge in [0.15, 0.2) is 5.75 Å². The van der Waals surface area contributed by atoms with Crippen molar-refractivity contribution in [3.63, 3.8) is 0 Å². The zero-order chi connectivity index (χ0) is 15.8. The van der Waals surface area contributed by atoms with Crippen molar-refractivity contribution in [2.75, 3.05) is 0 Å². The molecule has 0 fully saturated rings. The summed E-state index contributed by atoms with van der Waals surface area (Å²) in [6.45, 7) is 10.1. The molecule has 1 N–H and O–H groups in total. The molecule has 6 heteroatoms. The van der Waals surface area contributed by atoms with Crippen LogP contribution in [0.3, 0.4) is 0 Å². The van der Waals surface area contributed by atoms with E-state index in [1.165, 1.54) is 0 Å². The molecule has 0 saturated heterocycles. The fourth-order valence-electron chi connectivity index (χ4n) is 2.09. The molecule has 21 heavy (non-hydrogen) atoms. The summed E-state index contributed by atoms with van der Waals surface area (Å²) in [5, 5.41) is 13.5. The molecule has 0 aromatic carbocycles. The first-order chi connectivity index (χ1) is 9.67. The lowest BCUT2D eigenvalue weighted by atomic mass is 9.89. The second kappa shape index (κ2) is 5.35. The van der Waals surface area contributed by atoms with E-state index in [1.807, 2.05) is 13.8 Å². The Balaban J connectivity index is 2.61. The van der Waals surface area contributed by atoms with Gasteiger partial charge in [-0.25, -0.2) is 9.78 Å². The van der Waals surface area contributed by atoms with E-state index in [0.717, 1.165) is 0 Å². The molecule has 2 rings (SSSR count). The molecule has 0 saturated carbocycles. The van der Waals surface area contributed by atoms with Crippen molar-refractivity contribution in [2.45, 2.75) is 47.0 Å². The number of fused-ring (bicyclic) bond motifs is 1. The van der Waals surface area contributed by atoms with Gasteiger partial charge in [-0.1, -0.05) is 39.8 Å². The number of hydrogen-bond acceptors (Lipinski definition) is 5. The average molecular weight is 292 g/mol. The van der Waals surface area contributed by atoms with E-state index in [0.29, 0.717) is 28.9 Å². The molecule has 0 atom stereocenters. The van der Waals surface area contributed by atoms with Crippen LogP contribution in [0.2, 0.25) is 0 Å². The Morgan fingerprint density at radius 1 is 1.43 bits per heavy atom. The van der Waals surface area contributed by atoms with Crippen LogP contribution in [0.4, 0.5) is 4.79 Å². The van der Waals surface area contributed by atoms with Crippen LogP contribution in [0.1, 0.15) is 51.9 Å². The summed E-state index contributed by atoms with van der Waals surface area (Å²) in [7, 11) is 0. The van der Waals surface area contributed by atoms with Crippen LogP contribution in [-0.2, 0) is 6.42 Å². The van der Waals surface area contributed by atoms with Crippen molar-refractivity contribution in [3.8, 4) is 5.75 Å². The lowest BCUT2D eigenvalue weighted by Crippen LogP contribution is -2.10. The molecule has 0 aliphatic heterocycles. The minimum absolute atomic E-state index is 0.0129. The second-order valence-corrected chi connectivity index (χ2v) is 6.61. The first kappa shape index (κ1) is 15.3. The molecule has 0 aliphatic carbocycles. The average Bonchev–Trinajstić information content (AvgIpc) is 2.69. The van der Waals surface area contributed by atoms with Crippen LogP contribution < -0.4 is 4.74 Å². The molecule has 0 amide bonds. The molecular weight excluding hydrogens is 272 g/mol. The SMILES string of the molecule is CC(C)c1cc(OC(=O)O)c2c(CC(C)(C)C)noc2n1. The molecule has 2 heterocycles. The van der Waals surface area contributed by atoms with Gasteiger partial charge in [-0.15, -0.1) is 0 Å². The highest BCUT2D eigenvalue weighted by molar-refractivity contribution is 5.85. The van der Waals surface area contributed by atoms with Crippen molar-refractivity contribution in [1.29, 1.82) is 0 Å². The molecular formula is C15H20N2O4. The number of hydrogen-bond donors (Lipinski definition) is 1. The zero-order valence-electron chi connectivity index (χ0n) is 12.9. The van der Waals surface area contributed by atoms with Crippen LogP contribution in [0, 0.1) is 5.41 Å². The number of aromatic nitrogens is 2. The molecule has 0 bridgehead atoms. The topological polar surface area (TPSA) is 85.5 Å². The van der Waals surface area contributed by atoms with Crippen LogP contribution in [-0.4, -0.2) is 21.4 Å². The van der Waals surface area contributed by atoms with Gasteiger partial charge in [-0.2, -0.15) is 0 Å². The standard InChI is InChI=1S/C15H20N2O4/c1-8(2)9-6-11(20-14(18)19)12-10(7-15(3,4)5)17-21-13(12)16-9/h6,8H,7H2,1-5H3,(H,18,19). The van der Waals surface area contributed by atoms with Gasteiger partial charge in [0.25, 0.3) is 5.71 Å². The molecule has 0 radical (unpaired) electrons. The lowest BCUT2D eigenvalue weighted by Gasteiger charge is -2.16. The van der Waals surface area contributed by atoms with E-state index in [9.17, 15) is 4.79 Å². The quantitative estimate of drug-likeness (QED) is 0.861. The van der Waals surface area contributed by atoms with Gasteiger partial charge < -0.3 is 14.4 Å². The predicted octanol–water partition coefficient (Wildman–Crippen LogP) is 3.99. The minimum Gasteiger partial charge on any atom is -0.449 e. The van der Waals surface area contributed by atoms with E-state index in [2.05, 4.69) is 30.9 Å². The zero-order valence-corrected chi connectivity index (χ0v) is 12.9. The molecule has 6 nitrogen and oxygen atoms in total. The molecule has 2 aromatic rings. The Hall–Kier alpha value is -2.11. The van der Waals surface area contributed by atoms with E-state index < -0.39 is 6.16 Å². The summed E-state index contributed by atoms with van der Waals surface area (Å²) in [6, 6.07) is 1.64. The van der Waals surface area contributed by atoms with Crippen molar-refractivity contribution in [2.24, 2.45) is 5.41 Å². The van der Waals surface area contributed by atoms with E-state index in [-0.39, 0.29) is 17.1 Å². The van der Waals surface area contributed by atoms with Gasteiger partial charge in [0, 0.05) is 6.07 Å². The van der Waals surface area contributed by atoms with Gasteiger partial charge in [0.2, 0.25) is 0 Å². The van der Waals surface area contributed by atoms with Gasteiger partial charge in [-0.05, 0) is 17.8 Å². The maximum absolute atomic E-state index is 10.9. The summed E-state index contributed by atoms with van der Waals surface area (Å²) in [5.74, 6) is 0.360. The first-order valence-corrected chi connectivity index (χ1v) is 6.87. The van der Waals surface area contributed by atoms with Crippen LogP contribution in [0.15, 0.2) is 10.6 Å². The van der Waals surface area contributed by atoms with Gasteiger partial charge in [0.05, 0.1) is 11.4 Å². The van der Waals surface area contributed by atoms with Crippen LogP contribution in [0.25, 0.3) is 11.1 Å². The van der Waals surface area contributed by atoms with E-state index in [1.54, 1.807) is 6.07 Å². The molecule has 0 unspecified atom stereocenters. The Bertz CT molecular complexity index is 668. The summed E-state index contributed by atoms with van der Waals surface area (Å²) < 4.78 is 10.2. The number of nitrogens with zero attached hydrogens (tertiary/aromatic N) is 2. The maximum atomic E-state index is 10.9. The fourth-order valence-corrected chi connectivity index (χ4v) is 2.09. The Morgan fingerprint density at radius 2 is 2.10 bits per heavy atom. The van der Waals surface area contributed by atoms with E-state index >= 15 is 0 Å². The fraction of sp³-hybridized carbons (Fsp3) is 0.533.